The number of halogens is 3. The zero-order valence-corrected chi connectivity index (χ0v) is 23.2. The second-order valence-electron chi connectivity index (χ2n) is 7.60. The fourth-order valence-corrected chi connectivity index (χ4v) is 5.56. The van der Waals surface area contributed by atoms with Crippen molar-refractivity contribution in [1.29, 1.82) is 5.26 Å². The number of imide groups is 1. The van der Waals surface area contributed by atoms with Crippen LogP contribution in [0.15, 0.2) is 59.5 Å². The summed E-state index contributed by atoms with van der Waals surface area (Å²) >= 11 is 15.1. The summed E-state index contributed by atoms with van der Waals surface area (Å²) in [5.41, 5.74) is 2.60. The molecule has 1 aliphatic heterocycles. The highest BCUT2D eigenvalue weighted by Gasteiger charge is 2.35. The summed E-state index contributed by atoms with van der Waals surface area (Å²) in [5.74, 6) is 0.585. The lowest BCUT2D eigenvalue weighted by atomic mass is 10.1. The van der Waals surface area contributed by atoms with E-state index < -0.39 is 5.91 Å². The second-order valence-corrected chi connectivity index (χ2v) is 10.6. The van der Waals surface area contributed by atoms with Gasteiger partial charge in [-0.05, 0) is 81.9 Å². The Hall–Kier alpha value is -2.71. The van der Waals surface area contributed by atoms with E-state index in [4.69, 9.17) is 32.7 Å². The van der Waals surface area contributed by atoms with Gasteiger partial charge in [-0.3, -0.25) is 14.5 Å². The van der Waals surface area contributed by atoms with Gasteiger partial charge in [0.1, 0.15) is 6.61 Å². The minimum Gasteiger partial charge on any atom is -0.493 e. The van der Waals surface area contributed by atoms with Gasteiger partial charge >= 0.3 is 0 Å². The van der Waals surface area contributed by atoms with Crippen LogP contribution in [-0.2, 0) is 17.9 Å². The van der Waals surface area contributed by atoms with Gasteiger partial charge < -0.3 is 9.47 Å². The van der Waals surface area contributed by atoms with Crippen molar-refractivity contribution in [2.45, 2.75) is 13.2 Å². The molecule has 0 saturated carbocycles. The number of hydrogen-bond donors (Lipinski definition) is 0. The Morgan fingerprint density at radius 3 is 2.61 bits per heavy atom. The minimum absolute atomic E-state index is 0.0514. The van der Waals surface area contributed by atoms with E-state index in [9.17, 15) is 14.9 Å². The van der Waals surface area contributed by atoms with Crippen LogP contribution >= 0.6 is 57.6 Å². The lowest BCUT2D eigenvalue weighted by Gasteiger charge is -2.15. The summed E-state index contributed by atoms with van der Waals surface area (Å²) in [7, 11) is 1.52. The Bertz CT molecular complexity index is 1440. The molecule has 0 unspecified atom stereocenters. The molecule has 0 atom stereocenters. The third-order valence-corrected chi connectivity index (χ3v) is 7.57. The second kappa shape index (κ2) is 11.6. The van der Waals surface area contributed by atoms with Crippen LogP contribution in [0.3, 0.4) is 0 Å². The van der Waals surface area contributed by atoms with Crippen LogP contribution in [0.2, 0.25) is 10.0 Å². The molecule has 4 rings (SSSR count). The Kier molecular flexibility index (Phi) is 8.46. The normalized spacial score (nSPS) is 14.3. The van der Waals surface area contributed by atoms with Crippen molar-refractivity contribution in [3.63, 3.8) is 0 Å². The molecule has 0 aromatic heterocycles. The predicted molar refractivity (Wildman–Crippen MR) is 149 cm³/mol. The Morgan fingerprint density at radius 1 is 1.11 bits per heavy atom. The number of ether oxygens (including phenoxy) is 2. The summed E-state index contributed by atoms with van der Waals surface area (Å²) < 4.78 is 12.3. The van der Waals surface area contributed by atoms with Crippen LogP contribution in [0.4, 0.5) is 4.79 Å². The van der Waals surface area contributed by atoms with Crippen LogP contribution in [0.25, 0.3) is 6.08 Å². The summed E-state index contributed by atoms with van der Waals surface area (Å²) in [6.07, 6.45) is 1.65. The van der Waals surface area contributed by atoms with E-state index in [0.717, 1.165) is 25.8 Å². The lowest BCUT2D eigenvalue weighted by Crippen LogP contribution is -2.27. The monoisotopic (exact) mass is 650 g/mol. The highest BCUT2D eigenvalue weighted by atomic mass is 127. The Labute approximate surface area is 235 Å². The molecule has 1 saturated heterocycles. The number of thioether (sulfide) groups is 1. The number of amides is 2. The fraction of sp³-hybridized carbons (Fsp3) is 0.115. The average Bonchev–Trinajstić information content (AvgIpc) is 3.12. The maximum atomic E-state index is 13.0. The first-order valence-electron chi connectivity index (χ1n) is 10.5. The number of carbonyl (C=O) groups is 2. The van der Waals surface area contributed by atoms with Crippen LogP contribution < -0.4 is 9.47 Å². The predicted octanol–water partition coefficient (Wildman–Crippen LogP) is 7.29. The molecule has 0 bridgehead atoms. The van der Waals surface area contributed by atoms with Crippen molar-refractivity contribution in [3.05, 3.63) is 95.4 Å². The number of hydrogen-bond acceptors (Lipinski definition) is 6. The van der Waals surface area contributed by atoms with Gasteiger partial charge in [0, 0.05) is 15.6 Å². The highest BCUT2D eigenvalue weighted by molar-refractivity contribution is 14.1. The molecule has 6 nitrogen and oxygen atoms in total. The topological polar surface area (TPSA) is 79.6 Å². The SMILES string of the molecule is COc1cc(/C=C2\SC(=O)N(Cc3ccc(Cl)cc3Cl)C2=O)cc(I)c1OCc1ccccc1C#N. The molecule has 0 N–H and O–H groups in total. The smallest absolute Gasteiger partial charge is 0.293 e. The van der Waals surface area contributed by atoms with Gasteiger partial charge in [-0.25, -0.2) is 0 Å². The molecule has 0 radical (unpaired) electrons. The number of nitriles is 1. The number of benzene rings is 3. The molecule has 36 heavy (non-hydrogen) atoms. The molecule has 0 spiro atoms. The van der Waals surface area contributed by atoms with Gasteiger partial charge in [-0.15, -0.1) is 0 Å². The van der Waals surface area contributed by atoms with E-state index >= 15 is 0 Å². The number of rotatable bonds is 7. The van der Waals surface area contributed by atoms with Gasteiger partial charge in [0.25, 0.3) is 11.1 Å². The molecule has 1 aliphatic rings. The molecule has 3 aromatic carbocycles. The van der Waals surface area contributed by atoms with Crippen LogP contribution in [0.5, 0.6) is 11.5 Å². The summed E-state index contributed by atoms with van der Waals surface area (Å²) in [5, 5.41) is 9.78. The standard InChI is InChI=1S/C26H17Cl2IN2O4S/c1-34-22-9-15(8-21(29)24(22)35-14-18-5-3-2-4-16(18)12-30)10-23-25(32)31(26(33)36-23)13-17-6-7-19(27)11-20(17)28/h2-11H,13-14H2,1H3/b23-10-. The fourth-order valence-electron chi connectivity index (χ4n) is 3.48. The molecular weight excluding hydrogens is 634 g/mol. The average molecular weight is 651 g/mol. The third kappa shape index (κ3) is 5.81. The van der Waals surface area contributed by atoms with Crippen LogP contribution in [0, 0.1) is 14.9 Å². The number of carbonyl (C=O) groups excluding carboxylic acids is 2. The van der Waals surface area contributed by atoms with Crippen molar-refractivity contribution < 1.29 is 19.1 Å². The van der Waals surface area contributed by atoms with Crippen molar-refractivity contribution in [2.24, 2.45) is 0 Å². The van der Waals surface area contributed by atoms with Crippen molar-refractivity contribution in [2.75, 3.05) is 7.11 Å². The number of nitrogens with zero attached hydrogens (tertiary/aromatic N) is 2. The van der Waals surface area contributed by atoms with E-state index in [1.165, 1.54) is 7.11 Å². The van der Waals surface area contributed by atoms with E-state index in [2.05, 4.69) is 28.7 Å². The highest BCUT2D eigenvalue weighted by Crippen LogP contribution is 2.38. The Morgan fingerprint density at radius 2 is 1.89 bits per heavy atom. The van der Waals surface area contributed by atoms with Crippen molar-refractivity contribution in [3.8, 4) is 17.6 Å². The van der Waals surface area contributed by atoms with Gasteiger partial charge in [0.2, 0.25) is 0 Å². The maximum Gasteiger partial charge on any atom is 0.293 e. The van der Waals surface area contributed by atoms with Gasteiger partial charge in [0.15, 0.2) is 11.5 Å². The quantitative estimate of drug-likeness (QED) is 0.197. The zero-order valence-electron chi connectivity index (χ0n) is 18.8. The molecule has 10 heteroatoms. The minimum atomic E-state index is -0.404. The lowest BCUT2D eigenvalue weighted by molar-refractivity contribution is -0.123. The molecule has 1 fully saturated rings. The largest absolute Gasteiger partial charge is 0.493 e. The Balaban J connectivity index is 1.55. The third-order valence-electron chi connectivity index (χ3n) is 5.28. The van der Waals surface area contributed by atoms with Gasteiger partial charge in [0.05, 0.1) is 33.8 Å². The van der Waals surface area contributed by atoms with Crippen LogP contribution in [-0.4, -0.2) is 23.2 Å². The van der Waals surface area contributed by atoms with E-state index in [-0.39, 0.29) is 18.4 Å². The van der Waals surface area contributed by atoms with E-state index in [1.54, 1.807) is 42.5 Å². The van der Waals surface area contributed by atoms with Crippen LogP contribution in [0.1, 0.15) is 22.3 Å². The molecule has 1 heterocycles. The first-order valence-corrected chi connectivity index (χ1v) is 13.1. The van der Waals surface area contributed by atoms with E-state index in [0.29, 0.717) is 43.1 Å². The van der Waals surface area contributed by atoms with Crippen molar-refractivity contribution >= 4 is 74.8 Å². The summed E-state index contributed by atoms with van der Waals surface area (Å²) in [4.78, 5) is 27.0. The zero-order chi connectivity index (χ0) is 25.8. The van der Waals surface area contributed by atoms with Crippen molar-refractivity contribution in [1.82, 2.24) is 4.90 Å². The molecule has 0 aliphatic carbocycles. The van der Waals surface area contributed by atoms with Gasteiger partial charge in [-0.1, -0.05) is 47.5 Å². The first kappa shape index (κ1) is 26.4. The molecule has 2 amide bonds. The summed E-state index contributed by atoms with van der Waals surface area (Å²) in [6.45, 7) is 0.247. The molecule has 182 valence electrons. The van der Waals surface area contributed by atoms with E-state index in [1.807, 2.05) is 18.2 Å². The summed E-state index contributed by atoms with van der Waals surface area (Å²) in [6, 6.07) is 17.9. The maximum absolute atomic E-state index is 13.0. The molecular formula is C26H17Cl2IN2O4S. The first-order chi connectivity index (χ1) is 17.3. The van der Waals surface area contributed by atoms with Gasteiger partial charge in [-0.2, -0.15) is 5.26 Å². The molecule has 3 aromatic rings. The number of methoxy groups -OCH3 is 1.